The molecule has 21 heavy (non-hydrogen) atoms. The van der Waals surface area contributed by atoms with Gasteiger partial charge < -0.3 is 14.8 Å². The Hall–Kier alpha value is -0.930. The molecule has 1 aromatic rings. The molecule has 1 saturated heterocycles. The Morgan fingerprint density at radius 3 is 2.76 bits per heavy atom. The molecule has 4 heteroatoms. The van der Waals surface area contributed by atoms with Crippen LogP contribution in [0.2, 0.25) is 5.02 Å². The largest absolute Gasteiger partial charge is 0.489 e. The van der Waals surface area contributed by atoms with Crippen LogP contribution in [0, 0.1) is 0 Å². The SMILES string of the molecule is CC(C)c1c2c(cc(Cl)c1C1CCCNC1)OCCCO2. The van der Waals surface area contributed by atoms with Crippen LogP contribution >= 0.6 is 11.6 Å². The molecule has 2 aliphatic rings. The number of hydrogen-bond donors (Lipinski definition) is 1. The molecule has 0 bridgehead atoms. The Morgan fingerprint density at radius 1 is 1.24 bits per heavy atom. The first-order chi connectivity index (χ1) is 10.2. The fraction of sp³-hybridized carbons (Fsp3) is 0.647. The average molecular weight is 310 g/mol. The lowest BCUT2D eigenvalue weighted by atomic mass is 9.84. The van der Waals surface area contributed by atoms with Crippen molar-refractivity contribution in [1.82, 2.24) is 5.32 Å². The summed E-state index contributed by atoms with van der Waals surface area (Å²) in [5.41, 5.74) is 2.51. The Balaban J connectivity index is 2.11. The van der Waals surface area contributed by atoms with Crippen LogP contribution < -0.4 is 14.8 Å². The second kappa shape index (κ2) is 6.45. The molecular formula is C17H24ClNO2. The molecular weight excluding hydrogens is 286 g/mol. The van der Waals surface area contributed by atoms with Crippen LogP contribution in [0.25, 0.3) is 0 Å². The summed E-state index contributed by atoms with van der Waals surface area (Å²) in [5, 5.41) is 4.32. The molecule has 3 rings (SSSR count). The highest BCUT2D eigenvalue weighted by Crippen LogP contribution is 2.46. The number of ether oxygens (including phenoxy) is 2. The van der Waals surface area contributed by atoms with Gasteiger partial charge in [0.1, 0.15) is 0 Å². The van der Waals surface area contributed by atoms with Crippen LogP contribution in [0.5, 0.6) is 11.5 Å². The molecule has 0 spiro atoms. The normalized spacial score (nSPS) is 22.2. The van der Waals surface area contributed by atoms with Crippen molar-refractivity contribution < 1.29 is 9.47 Å². The van der Waals surface area contributed by atoms with Gasteiger partial charge in [-0.2, -0.15) is 0 Å². The highest BCUT2D eigenvalue weighted by Gasteiger charge is 2.28. The summed E-state index contributed by atoms with van der Waals surface area (Å²) in [4.78, 5) is 0. The first kappa shape index (κ1) is 15.0. The van der Waals surface area contributed by atoms with Crippen LogP contribution in [0.4, 0.5) is 0 Å². The van der Waals surface area contributed by atoms with E-state index in [1.54, 1.807) is 0 Å². The van der Waals surface area contributed by atoms with Crippen molar-refractivity contribution >= 4 is 11.6 Å². The summed E-state index contributed by atoms with van der Waals surface area (Å²) in [7, 11) is 0. The van der Waals surface area contributed by atoms with Crippen molar-refractivity contribution in [2.24, 2.45) is 0 Å². The minimum absolute atomic E-state index is 0.371. The molecule has 0 radical (unpaired) electrons. The predicted octanol–water partition coefficient (Wildman–Crippen LogP) is 4.09. The molecule has 116 valence electrons. The summed E-state index contributed by atoms with van der Waals surface area (Å²) in [6.45, 7) is 7.94. The highest BCUT2D eigenvalue weighted by molar-refractivity contribution is 6.31. The fourth-order valence-corrected chi connectivity index (χ4v) is 3.75. The maximum Gasteiger partial charge on any atom is 0.164 e. The number of rotatable bonds is 2. The molecule has 0 saturated carbocycles. The van der Waals surface area contributed by atoms with E-state index in [0.717, 1.165) is 42.6 Å². The summed E-state index contributed by atoms with van der Waals surface area (Å²) in [5.74, 6) is 2.58. The molecule has 0 amide bonds. The molecule has 1 fully saturated rings. The Kier molecular flexibility index (Phi) is 4.60. The summed E-state index contributed by atoms with van der Waals surface area (Å²) in [6, 6.07) is 1.96. The van der Waals surface area contributed by atoms with Gasteiger partial charge in [-0.25, -0.2) is 0 Å². The highest BCUT2D eigenvalue weighted by atomic mass is 35.5. The van der Waals surface area contributed by atoms with Crippen molar-refractivity contribution in [2.45, 2.75) is 44.9 Å². The lowest BCUT2D eigenvalue weighted by Crippen LogP contribution is -2.29. The van der Waals surface area contributed by atoms with E-state index in [1.807, 2.05) is 6.07 Å². The standard InChI is InChI=1S/C17H24ClNO2/c1-11(2)15-16(12-5-3-6-19-10-12)13(18)9-14-17(15)21-8-4-7-20-14/h9,11-12,19H,3-8,10H2,1-2H3. The van der Waals surface area contributed by atoms with Crippen molar-refractivity contribution in [3.8, 4) is 11.5 Å². The second-order valence-electron chi connectivity index (χ2n) is 6.26. The summed E-state index contributed by atoms with van der Waals surface area (Å²) in [6.07, 6.45) is 3.31. The zero-order chi connectivity index (χ0) is 14.8. The van der Waals surface area contributed by atoms with Gasteiger partial charge in [-0.1, -0.05) is 25.4 Å². The predicted molar refractivity (Wildman–Crippen MR) is 86.0 cm³/mol. The van der Waals surface area contributed by atoms with E-state index in [4.69, 9.17) is 21.1 Å². The van der Waals surface area contributed by atoms with E-state index in [-0.39, 0.29) is 0 Å². The third-order valence-electron chi connectivity index (χ3n) is 4.35. The number of hydrogen-bond acceptors (Lipinski definition) is 3. The summed E-state index contributed by atoms with van der Waals surface area (Å²) >= 11 is 6.63. The third kappa shape index (κ3) is 3.00. The topological polar surface area (TPSA) is 30.5 Å². The summed E-state index contributed by atoms with van der Waals surface area (Å²) < 4.78 is 11.9. The van der Waals surface area contributed by atoms with E-state index in [0.29, 0.717) is 18.4 Å². The quantitative estimate of drug-likeness (QED) is 0.892. The minimum Gasteiger partial charge on any atom is -0.489 e. The van der Waals surface area contributed by atoms with Gasteiger partial charge in [-0.05, 0) is 36.8 Å². The number of benzene rings is 1. The Morgan fingerprint density at radius 2 is 2.05 bits per heavy atom. The van der Waals surface area contributed by atoms with Gasteiger partial charge in [0.25, 0.3) is 0 Å². The first-order valence-electron chi connectivity index (χ1n) is 8.01. The molecule has 2 aliphatic heterocycles. The molecule has 1 atom stereocenters. The van der Waals surface area contributed by atoms with Crippen LogP contribution in [-0.4, -0.2) is 26.3 Å². The van der Waals surface area contributed by atoms with Crippen molar-refractivity contribution in [3.63, 3.8) is 0 Å². The Bertz CT molecular complexity index is 510. The van der Waals surface area contributed by atoms with E-state index in [9.17, 15) is 0 Å². The van der Waals surface area contributed by atoms with Gasteiger partial charge >= 0.3 is 0 Å². The molecule has 3 nitrogen and oxygen atoms in total. The van der Waals surface area contributed by atoms with Gasteiger partial charge in [0.2, 0.25) is 0 Å². The molecule has 1 aromatic carbocycles. The first-order valence-corrected chi connectivity index (χ1v) is 8.39. The number of nitrogens with one attached hydrogen (secondary N) is 1. The average Bonchev–Trinajstić information content (AvgIpc) is 2.71. The third-order valence-corrected chi connectivity index (χ3v) is 4.66. The van der Waals surface area contributed by atoms with Gasteiger partial charge in [0, 0.05) is 29.6 Å². The number of piperidine rings is 1. The zero-order valence-electron chi connectivity index (χ0n) is 12.9. The van der Waals surface area contributed by atoms with Gasteiger partial charge in [-0.3, -0.25) is 0 Å². The number of fused-ring (bicyclic) bond motifs is 1. The fourth-order valence-electron chi connectivity index (χ4n) is 3.40. The van der Waals surface area contributed by atoms with Gasteiger partial charge in [0.15, 0.2) is 11.5 Å². The molecule has 1 unspecified atom stereocenters. The second-order valence-corrected chi connectivity index (χ2v) is 6.67. The number of halogens is 1. The maximum absolute atomic E-state index is 6.63. The van der Waals surface area contributed by atoms with E-state index < -0.39 is 0 Å². The maximum atomic E-state index is 6.63. The van der Waals surface area contributed by atoms with Crippen molar-refractivity contribution in [3.05, 3.63) is 22.2 Å². The van der Waals surface area contributed by atoms with E-state index in [2.05, 4.69) is 19.2 Å². The van der Waals surface area contributed by atoms with Gasteiger partial charge in [-0.15, -0.1) is 0 Å². The van der Waals surface area contributed by atoms with Crippen LogP contribution in [0.15, 0.2) is 6.07 Å². The van der Waals surface area contributed by atoms with Gasteiger partial charge in [0.05, 0.1) is 13.2 Å². The molecule has 0 aromatic heterocycles. The molecule has 0 aliphatic carbocycles. The lowest BCUT2D eigenvalue weighted by Gasteiger charge is -2.29. The van der Waals surface area contributed by atoms with E-state index >= 15 is 0 Å². The Labute approximate surface area is 132 Å². The lowest BCUT2D eigenvalue weighted by molar-refractivity contribution is 0.295. The van der Waals surface area contributed by atoms with Crippen LogP contribution in [-0.2, 0) is 0 Å². The molecule has 2 heterocycles. The van der Waals surface area contributed by atoms with Crippen molar-refractivity contribution in [2.75, 3.05) is 26.3 Å². The molecule has 1 N–H and O–H groups in total. The zero-order valence-corrected chi connectivity index (χ0v) is 13.6. The minimum atomic E-state index is 0.371. The smallest absolute Gasteiger partial charge is 0.164 e. The van der Waals surface area contributed by atoms with E-state index in [1.165, 1.54) is 24.0 Å². The monoisotopic (exact) mass is 309 g/mol. The van der Waals surface area contributed by atoms with Crippen LogP contribution in [0.3, 0.4) is 0 Å². The van der Waals surface area contributed by atoms with Crippen LogP contribution in [0.1, 0.15) is 56.1 Å². The van der Waals surface area contributed by atoms with Crippen molar-refractivity contribution in [1.29, 1.82) is 0 Å².